The van der Waals surface area contributed by atoms with Crippen LogP contribution in [0.4, 0.5) is 0 Å². The molecule has 2 N–H and O–H groups in total. The lowest BCUT2D eigenvalue weighted by Crippen LogP contribution is -2.11. The second kappa shape index (κ2) is 5.30. The SMILES string of the molecule is Oc1ccc(CNCc2cncs2)cc1Cl. The molecule has 0 atom stereocenters. The Balaban J connectivity index is 1.87. The number of nitrogens with one attached hydrogen (secondary N) is 1. The Morgan fingerprint density at radius 1 is 1.38 bits per heavy atom. The summed E-state index contributed by atoms with van der Waals surface area (Å²) in [5.74, 6) is 0.118. The molecule has 3 nitrogen and oxygen atoms in total. The maximum Gasteiger partial charge on any atom is 0.134 e. The van der Waals surface area contributed by atoms with Crippen molar-refractivity contribution in [1.82, 2.24) is 10.3 Å². The minimum Gasteiger partial charge on any atom is -0.506 e. The number of phenols is 1. The van der Waals surface area contributed by atoms with Crippen molar-refractivity contribution in [2.45, 2.75) is 13.1 Å². The third-order valence-corrected chi connectivity index (χ3v) is 3.21. The van der Waals surface area contributed by atoms with E-state index in [4.69, 9.17) is 11.6 Å². The number of phenolic OH excluding ortho intramolecular Hbond substituents is 1. The van der Waals surface area contributed by atoms with Gasteiger partial charge in [-0.15, -0.1) is 11.3 Å². The van der Waals surface area contributed by atoms with E-state index in [0.29, 0.717) is 5.02 Å². The van der Waals surface area contributed by atoms with Crippen molar-refractivity contribution >= 4 is 22.9 Å². The maximum atomic E-state index is 9.26. The third kappa shape index (κ3) is 2.95. The summed E-state index contributed by atoms with van der Waals surface area (Å²) in [7, 11) is 0. The standard InChI is InChI=1S/C11H11ClN2OS/c12-10-3-8(1-2-11(10)15)4-13-5-9-6-14-7-16-9/h1-3,6-7,13,15H,4-5H2. The third-order valence-electron chi connectivity index (χ3n) is 2.12. The van der Waals surface area contributed by atoms with Gasteiger partial charge in [-0.3, -0.25) is 4.98 Å². The molecule has 0 spiro atoms. The number of hydrogen-bond acceptors (Lipinski definition) is 4. The quantitative estimate of drug-likeness (QED) is 0.882. The fourth-order valence-electron chi connectivity index (χ4n) is 1.32. The number of thiazole rings is 1. The van der Waals surface area contributed by atoms with Gasteiger partial charge in [0.15, 0.2) is 0 Å². The number of aromatic nitrogens is 1. The summed E-state index contributed by atoms with van der Waals surface area (Å²) in [6, 6.07) is 5.21. The van der Waals surface area contributed by atoms with E-state index in [2.05, 4.69) is 10.3 Å². The molecule has 0 radical (unpaired) electrons. The van der Waals surface area contributed by atoms with Crippen LogP contribution >= 0.6 is 22.9 Å². The zero-order valence-corrected chi connectivity index (χ0v) is 10.1. The first kappa shape index (κ1) is 11.4. The van der Waals surface area contributed by atoms with Crippen molar-refractivity contribution in [2.24, 2.45) is 0 Å². The highest BCUT2D eigenvalue weighted by Gasteiger charge is 2.00. The van der Waals surface area contributed by atoms with Gasteiger partial charge in [-0.25, -0.2) is 0 Å². The lowest BCUT2D eigenvalue weighted by molar-refractivity contribution is 0.475. The Kier molecular flexibility index (Phi) is 3.77. The van der Waals surface area contributed by atoms with Crippen molar-refractivity contribution in [1.29, 1.82) is 0 Å². The van der Waals surface area contributed by atoms with Crippen molar-refractivity contribution in [3.63, 3.8) is 0 Å². The fourth-order valence-corrected chi connectivity index (χ4v) is 2.09. The molecule has 0 bridgehead atoms. The number of benzene rings is 1. The largest absolute Gasteiger partial charge is 0.506 e. The van der Waals surface area contributed by atoms with Crippen molar-refractivity contribution in [3.8, 4) is 5.75 Å². The highest BCUT2D eigenvalue weighted by Crippen LogP contribution is 2.23. The lowest BCUT2D eigenvalue weighted by atomic mass is 10.2. The average molecular weight is 255 g/mol. The van der Waals surface area contributed by atoms with Crippen LogP contribution in [-0.4, -0.2) is 10.1 Å². The topological polar surface area (TPSA) is 45.1 Å². The molecule has 1 aromatic carbocycles. The van der Waals surface area contributed by atoms with Crippen LogP contribution in [0.1, 0.15) is 10.4 Å². The monoisotopic (exact) mass is 254 g/mol. The molecule has 1 heterocycles. The van der Waals surface area contributed by atoms with Crippen LogP contribution in [0.3, 0.4) is 0 Å². The summed E-state index contributed by atoms with van der Waals surface area (Å²) < 4.78 is 0. The number of aromatic hydroxyl groups is 1. The van der Waals surface area contributed by atoms with Gasteiger partial charge in [-0.05, 0) is 17.7 Å². The Hall–Kier alpha value is -1.10. The van der Waals surface area contributed by atoms with E-state index in [1.54, 1.807) is 23.5 Å². The minimum atomic E-state index is 0.118. The van der Waals surface area contributed by atoms with Crippen LogP contribution in [0.2, 0.25) is 5.02 Å². The molecule has 0 unspecified atom stereocenters. The maximum absolute atomic E-state index is 9.26. The zero-order chi connectivity index (χ0) is 11.4. The molecule has 16 heavy (non-hydrogen) atoms. The minimum absolute atomic E-state index is 0.118. The average Bonchev–Trinajstić information content (AvgIpc) is 2.76. The van der Waals surface area contributed by atoms with Gasteiger partial charge in [-0.1, -0.05) is 17.7 Å². The molecule has 2 rings (SSSR count). The van der Waals surface area contributed by atoms with E-state index < -0.39 is 0 Å². The smallest absolute Gasteiger partial charge is 0.134 e. The van der Waals surface area contributed by atoms with Crippen molar-refractivity contribution in [2.75, 3.05) is 0 Å². The van der Waals surface area contributed by atoms with Crippen LogP contribution in [0.15, 0.2) is 29.9 Å². The van der Waals surface area contributed by atoms with Gasteiger partial charge in [0.05, 0.1) is 10.5 Å². The molecular weight excluding hydrogens is 244 g/mol. The number of hydrogen-bond donors (Lipinski definition) is 2. The molecule has 0 saturated carbocycles. The van der Waals surface area contributed by atoms with Crippen molar-refractivity contribution < 1.29 is 5.11 Å². The summed E-state index contributed by atoms with van der Waals surface area (Å²) in [6.07, 6.45) is 1.85. The Labute approximate surface area is 103 Å². The molecule has 2 aromatic rings. The highest BCUT2D eigenvalue weighted by atomic mass is 35.5. The van der Waals surface area contributed by atoms with Crippen LogP contribution in [0, 0.1) is 0 Å². The van der Waals surface area contributed by atoms with Gasteiger partial charge < -0.3 is 10.4 Å². The van der Waals surface area contributed by atoms with E-state index in [0.717, 1.165) is 18.7 Å². The number of halogens is 1. The van der Waals surface area contributed by atoms with Gasteiger partial charge in [0.25, 0.3) is 0 Å². The summed E-state index contributed by atoms with van der Waals surface area (Å²) in [5.41, 5.74) is 2.86. The van der Waals surface area contributed by atoms with Crippen LogP contribution in [0.25, 0.3) is 0 Å². The van der Waals surface area contributed by atoms with Crippen molar-refractivity contribution in [3.05, 3.63) is 45.4 Å². The predicted octanol–water partition coefficient (Wildman–Crippen LogP) is 2.79. The highest BCUT2D eigenvalue weighted by molar-refractivity contribution is 7.09. The van der Waals surface area contributed by atoms with Gasteiger partial charge in [0.1, 0.15) is 5.75 Å². The predicted molar refractivity (Wildman–Crippen MR) is 65.8 cm³/mol. The van der Waals surface area contributed by atoms with E-state index in [1.165, 1.54) is 4.88 Å². The molecule has 84 valence electrons. The molecule has 1 aromatic heterocycles. The molecule has 5 heteroatoms. The van der Waals surface area contributed by atoms with E-state index in [9.17, 15) is 5.11 Å². The molecule has 0 aliphatic carbocycles. The molecule has 0 aliphatic rings. The second-order valence-electron chi connectivity index (χ2n) is 3.36. The number of nitrogens with zero attached hydrogens (tertiary/aromatic N) is 1. The van der Waals surface area contributed by atoms with E-state index in [-0.39, 0.29) is 5.75 Å². The van der Waals surface area contributed by atoms with Crippen LogP contribution in [0.5, 0.6) is 5.75 Å². The fraction of sp³-hybridized carbons (Fsp3) is 0.182. The Morgan fingerprint density at radius 2 is 2.25 bits per heavy atom. The van der Waals surface area contributed by atoms with Gasteiger partial charge >= 0.3 is 0 Å². The van der Waals surface area contributed by atoms with Crippen LogP contribution in [-0.2, 0) is 13.1 Å². The van der Waals surface area contributed by atoms with Gasteiger partial charge in [0, 0.05) is 24.2 Å². The van der Waals surface area contributed by atoms with E-state index in [1.807, 2.05) is 17.8 Å². The Bertz CT molecular complexity index is 459. The summed E-state index contributed by atoms with van der Waals surface area (Å²) in [5, 5.41) is 12.9. The summed E-state index contributed by atoms with van der Waals surface area (Å²) >= 11 is 7.43. The summed E-state index contributed by atoms with van der Waals surface area (Å²) in [4.78, 5) is 5.20. The van der Waals surface area contributed by atoms with E-state index >= 15 is 0 Å². The Morgan fingerprint density at radius 3 is 2.94 bits per heavy atom. The zero-order valence-electron chi connectivity index (χ0n) is 8.48. The number of rotatable bonds is 4. The molecule has 0 amide bonds. The molecule has 0 saturated heterocycles. The first-order valence-corrected chi connectivity index (χ1v) is 6.07. The van der Waals surface area contributed by atoms with Gasteiger partial charge in [-0.2, -0.15) is 0 Å². The first-order chi connectivity index (χ1) is 7.75. The van der Waals surface area contributed by atoms with Crippen LogP contribution < -0.4 is 5.32 Å². The lowest BCUT2D eigenvalue weighted by Gasteiger charge is -2.04. The molecular formula is C11H11ClN2OS. The molecule has 0 aliphatic heterocycles. The summed E-state index contributed by atoms with van der Waals surface area (Å²) in [6.45, 7) is 1.51. The normalized spacial score (nSPS) is 10.6. The first-order valence-electron chi connectivity index (χ1n) is 4.81. The second-order valence-corrected chi connectivity index (χ2v) is 4.74. The van der Waals surface area contributed by atoms with Gasteiger partial charge in [0.2, 0.25) is 0 Å². The molecule has 0 fully saturated rings.